The molecule has 22 heteroatoms. The number of cyclic esters (lactones) is 1. The molecule has 7 rings (SSSR count). The number of pyridine rings is 2. The van der Waals surface area contributed by atoms with Crippen LogP contribution < -0.4 is 43.4 Å². The van der Waals surface area contributed by atoms with E-state index in [4.69, 9.17) is 15.6 Å². The lowest BCUT2D eigenvalue weighted by Crippen LogP contribution is -2.52. The van der Waals surface area contributed by atoms with Crippen LogP contribution in [0.5, 0.6) is 0 Å². The molecule has 6 amide bonds. The second-order valence-corrected chi connectivity index (χ2v) is 18.4. The van der Waals surface area contributed by atoms with Crippen molar-refractivity contribution in [3.63, 3.8) is 0 Å². The Morgan fingerprint density at radius 1 is 0.863 bits per heavy atom. The van der Waals surface area contributed by atoms with Gasteiger partial charge in [-0.1, -0.05) is 50.1 Å². The van der Waals surface area contributed by atoms with E-state index in [2.05, 4.69) is 36.7 Å². The fraction of sp³-hybridized carbons (Fsp3) is 0.451. The molecule has 2 aromatic carbocycles. The number of aromatic nitrogens is 2. The third-order valence-corrected chi connectivity index (χ3v) is 13.5. The molecule has 0 saturated heterocycles. The molecular weight excluding hydrogens is 950 g/mol. The Hall–Kier alpha value is -7.59. The van der Waals surface area contributed by atoms with Crippen LogP contribution in [0.4, 0.5) is 4.39 Å². The van der Waals surface area contributed by atoms with Gasteiger partial charge in [0.25, 0.3) is 5.56 Å². The van der Waals surface area contributed by atoms with Gasteiger partial charge >= 0.3 is 11.9 Å². The van der Waals surface area contributed by atoms with E-state index in [0.717, 1.165) is 5.56 Å². The topological polar surface area (TPSA) is 308 Å². The maximum Gasteiger partial charge on any atom is 0.343 e. The number of benzene rings is 2. The molecular formula is C51H60FN9O12. The van der Waals surface area contributed by atoms with Crippen molar-refractivity contribution in [2.75, 3.05) is 26.2 Å². The molecule has 73 heavy (non-hydrogen) atoms. The van der Waals surface area contributed by atoms with Gasteiger partial charge in [-0.25, -0.2) is 14.2 Å². The van der Waals surface area contributed by atoms with Crippen molar-refractivity contribution in [1.29, 1.82) is 0 Å². The summed E-state index contributed by atoms with van der Waals surface area (Å²) in [5.74, 6) is -0.200. The van der Waals surface area contributed by atoms with Gasteiger partial charge in [-0.15, -0.1) is 0 Å². The number of nitrogens with one attached hydrogen (secondary N) is 6. The van der Waals surface area contributed by atoms with Gasteiger partial charge < -0.3 is 51.1 Å². The Kier molecular flexibility index (Phi) is 17.3. The molecule has 1 aliphatic carbocycles. The van der Waals surface area contributed by atoms with E-state index in [9.17, 15) is 48.3 Å². The molecule has 9 N–H and O–H groups in total. The van der Waals surface area contributed by atoms with Crippen molar-refractivity contribution >= 4 is 58.3 Å². The summed E-state index contributed by atoms with van der Waals surface area (Å²) in [4.78, 5) is 124. The number of ether oxygens (including phenoxy) is 1. The van der Waals surface area contributed by atoms with E-state index in [1.807, 2.05) is 0 Å². The predicted octanol–water partition coefficient (Wildman–Crippen LogP) is 1.36. The number of rotatable bonds is 23. The predicted molar refractivity (Wildman–Crippen MR) is 260 cm³/mol. The first kappa shape index (κ1) is 53.2. The van der Waals surface area contributed by atoms with Gasteiger partial charge in [-0.2, -0.15) is 5.90 Å². The second kappa shape index (κ2) is 23.8. The minimum absolute atomic E-state index is 0.0108. The Morgan fingerprint density at radius 2 is 1.55 bits per heavy atom. The van der Waals surface area contributed by atoms with E-state index >= 15 is 4.39 Å². The third-order valence-electron chi connectivity index (χ3n) is 13.5. The summed E-state index contributed by atoms with van der Waals surface area (Å²) < 4.78 is 22.1. The van der Waals surface area contributed by atoms with Crippen molar-refractivity contribution < 1.29 is 57.4 Å². The highest BCUT2D eigenvalue weighted by molar-refractivity contribution is 5.95. The summed E-state index contributed by atoms with van der Waals surface area (Å²) in [6, 6.07) is 10.1. The quantitative estimate of drug-likeness (QED) is 0.0261. The van der Waals surface area contributed by atoms with E-state index in [1.54, 1.807) is 50.2 Å². The number of carbonyl (C=O) groups is 8. The number of fused-ring (bicyclic) bond motifs is 5. The smallest absolute Gasteiger partial charge is 0.343 e. The average molecular weight is 1010 g/mol. The van der Waals surface area contributed by atoms with E-state index in [1.165, 1.54) is 10.6 Å². The summed E-state index contributed by atoms with van der Waals surface area (Å²) in [7, 11) is 0. The number of hydrogen-bond donors (Lipinski definition) is 8. The summed E-state index contributed by atoms with van der Waals surface area (Å²) in [6.07, 6.45) is 4.01. The third kappa shape index (κ3) is 12.4. The van der Waals surface area contributed by atoms with E-state index in [0.29, 0.717) is 83.1 Å². The minimum Gasteiger partial charge on any atom is -0.458 e. The Labute approximate surface area is 418 Å². The zero-order chi connectivity index (χ0) is 52.4. The fourth-order valence-electron chi connectivity index (χ4n) is 9.58. The highest BCUT2D eigenvalue weighted by Gasteiger charge is 2.46. The summed E-state index contributed by atoms with van der Waals surface area (Å²) in [5, 5.41) is 27.9. The van der Waals surface area contributed by atoms with Gasteiger partial charge in [0, 0.05) is 54.8 Å². The molecule has 3 aliphatic rings. The van der Waals surface area contributed by atoms with Gasteiger partial charge in [-0.05, 0) is 73.8 Å². The molecule has 0 radical (unpaired) electrons. The number of nitrogens with zero attached hydrogens (tertiary/aromatic N) is 2. The average Bonchev–Trinajstić information content (AvgIpc) is 3.75. The Morgan fingerprint density at radius 3 is 2.29 bits per heavy atom. The van der Waals surface area contributed by atoms with Gasteiger partial charge in [0.2, 0.25) is 35.4 Å². The first-order valence-corrected chi connectivity index (χ1v) is 24.4. The second-order valence-electron chi connectivity index (χ2n) is 18.4. The number of aryl methyl sites for hydroxylation is 1. The summed E-state index contributed by atoms with van der Waals surface area (Å²) >= 11 is 0. The Bertz CT molecular complexity index is 2890. The van der Waals surface area contributed by atoms with Gasteiger partial charge in [0.05, 0.1) is 54.7 Å². The van der Waals surface area contributed by atoms with E-state index < -0.39 is 77.7 Å². The highest BCUT2D eigenvalue weighted by atomic mass is 19.1. The number of aliphatic hydroxyl groups is 1. The van der Waals surface area contributed by atoms with Crippen LogP contribution in [-0.4, -0.2) is 94.3 Å². The number of carbonyl (C=O) groups excluding carboxylic acids is 8. The lowest BCUT2D eigenvalue weighted by Gasteiger charge is -2.31. The molecule has 3 atom stereocenters. The fourth-order valence-corrected chi connectivity index (χ4v) is 9.58. The van der Waals surface area contributed by atoms with Crippen LogP contribution in [0.1, 0.15) is 116 Å². The molecule has 0 bridgehead atoms. The number of hydrogen-bond acceptors (Lipinski definition) is 14. The zero-order valence-electron chi connectivity index (χ0n) is 40.7. The number of amides is 6. The Balaban J connectivity index is 0.896. The van der Waals surface area contributed by atoms with Crippen molar-refractivity contribution in [3.05, 3.63) is 97.6 Å². The number of unbranched alkanes of at least 4 members (excludes halogenated alkanes) is 3. The highest BCUT2D eigenvalue weighted by Crippen LogP contribution is 2.46. The first-order chi connectivity index (χ1) is 35.0. The van der Waals surface area contributed by atoms with Crippen molar-refractivity contribution in [2.45, 2.75) is 122 Å². The zero-order valence-corrected chi connectivity index (χ0v) is 40.7. The largest absolute Gasteiger partial charge is 0.458 e. The molecule has 2 aromatic heterocycles. The SMILES string of the molecule is CC[C@@]1(O)C(=O)OCc2c1cc1n(c2=O)Cc2c-1nc1cc(F)c(C)c3c1c2[C@@H](NC(=O)CCCNC(=O)CNC(=O)C(Cc1ccccc1)NC(=O)CNC(=O)CNC(=O)CCCCCCC(=O)ON)CC3. The lowest BCUT2D eigenvalue weighted by atomic mass is 9.81. The molecule has 388 valence electrons. The maximum absolute atomic E-state index is 15.4. The van der Waals surface area contributed by atoms with Crippen LogP contribution in [0.25, 0.3) is 22.3 Å². The van der Waals surface area contributed by atoms with Crippen molar-refractivity contribution in [2.24, 2.45) is 5.90 Å². The normalized spacial score (nSPS) is 16.5. The molecule has 4 heterocycles. The standard InChI is InChI=1S/C51H60FN9O12/c1-3-51(71)33-21-38-47-31(26-61(38)49(69)32(33)27-72-50(51)70)46-35(18-17-30-28(2)34(52)22-36(60-47)45(30)46)58-40(63)15-11-19-54-41(64)24-57-48(68)37(20-29-12-7-6-8-13-29)59-43(66)25-56-42(65)23-55-39(62)14-9-4-5-10-16-44(67)73-53/h6-8,12-13,21-22,35,37,71H,3-5,9-11,14-20,23-27,53H2,1-2H3,(H,54,64)(H,55,62)(H,56,65)(H,57,68)(H,58,63)(H,59,66)/t35-,37?,51-/m0/s1. The van der Waals surface area contributed by atoms with Gasteiger partial charge in [0.1, 0.15) is 18.5 Å². The summed E-state index contributed by atoms with van der Waals surface area (Å²) in [6.45, 7) is 1.88. The van der Waals surface area contributed by atoms with Crippen molar-refractivity contribution in [1.82, 2.24) is 41.5 Å². The summed E-state index contributed by atoms with van der Waals surface area (Å²) in [5.41, 5.74) is 2.20. The maximum atomic E-state index is 15.4. The molecule has 4 aromatic rings. The van der Waals surface area contributed by atoms with Crippen molar-refractivity contribution in [3.8, 4) is 11.4 Å². The van der Waals surface area contributed by atoms with Crippen LogP contribution in [0.2, 0.25) is 0 Å². The molecule has 0 fully saturated rings. The monoisotopic (exact) mass is 1010 g/mol. The van der Waals surface area contributed by atoms with Gasteiger partial charge in [0.15, 0.2) is 5.60 Å². The molecule has 1 unspecified atom stereocenters. The number of nitrogens with two attached hydrogens (primary N) is 1. The number of esters is 1. The van der Waals surface area contributed by atoms with Gasteiger partial charge in [-0.3, -0.25) is 38.4 Å². The number of halogens is 1. The molecule has 0 spiro atoms. The minimum atomic E-state index is -2.04. The molecule has 2 aliphatic heterocycles. The van der Waals surface area contributed by atoms with Crippen LogP contribution in [0.15, 0.2) is 47.3 Å². The molecule has 21 nitrogen and oxygen atoms in total. The molecule has 0 saturated carbocycles. The first-order valence-electron chi connectivity index (χ1n) is 24.4. The van der Waals surface area contributed by atoms with E-state index in [-0.39, 0.29) is 87.7 Å². The van der Waals surface area contributed by atoms with Crippen LogP contribution >= 0.6 is 0 Å². The van der Waals surface area contributed by atoms with Crippen LogP contribution in [-0.2, 0) is 79.5 Å². The lowest BCUT2D eigenvalue weighted by molar-refractivity contribution is -0.172. The van der Waals surface area contributed by atoms with Crippen LogP contribution in [0, 0.1) is 12.7 Å². The van der Waals surface area contributed by atoms with Crippen LogP contribution in [0.3, 0.4) is 0 Å².